The summed E-state index contributed by atoms with van der Waals surface area (Å²) in [6.07, 6.45) is 0. The standard InChI is InChI=1S/C25H24N2O4S/c1-18-8-13-24-20(14-18)15-21(25(28)26-24)17-27(16-19-6-4-3-5-7-19)32(29,30)23-11-9-22(31-2)10-12-23/h3-15H,16-17H2,1-2H3,(H,26,28). The minimum atomic E-state index is -3.88. The number of fused-ring (bicyclic) bond motifs is 1. The second kappa shape index (κ2) is 8.98. The van der Waals surface area contributed by atoms with Crippen molar-refractivity contribution in [3.05, 3.63) is 106 Å². The first-order valence-electron chi connectivity index (χ1n) is 10.2. The van der Waals surface area contributed by atoms with E-state index in [2.05, 4.69) is 4.98 Å². The molecule has 164 valence electrons. The zero-order valence-electron chi connectivity index (χ0n) is 17.9. The minimum Gasteiger partial charge on any atom is -0.497 e. The number of aromatic nitrogens is 1. The maximum absolute atomic E-state index is 13.5. The molecular weight excluding hydrogens is 424 g/mol. The van der Waals surface area contributed by atoms with Gasteiger partial charge in [-0.1, -0.05) is 42.0 Å². The molecule has 0 amide bonds. The number of nitrogens with zero attached hydrogens (tertiary/aromatic N) is 1. The number of pyridine rings is 1. The largest absolute Gasteiger partial charge is 0.497 e. The molecule has 0 fully saturated rings. The van der Waals surface area contributed by atoms with Gasteiger partial charge in [-0.15, -0.1) is 0 Å². The molecule has 1 aromatic heterocycles. The summed E-state index contributed by atoms with van der Waals surface area (Å²) in [5.74, 6) is 0.569. The Kier molecular flexibility index (Phi) is 6.12. The van der Waals surface area contributed by atoms with Crippen molar-refractivity contribution < 1.29 is 13.2 Å². The van der Waals surface area contributed by atoms with Gasteiger partial charge < -0.3 is 9.72 Å². The molecule has 0 radical (unpaired) electrons. The Morgan fingerprint density at radius 2 is 1.62 bits per heavy atom. The van der Waals surface area contributed by atoms with Crippen LogP contribution in [0.5, 0.6) is 5.75 Å². The predicted octanol–water partition coefficient (Wildman–Crippen LogP) is 4.24. The average molecular weight is 449 g/mol. The second-order valence-electron chi connectivity index (χ2n) is 7.65. The number of sulfonamides is 1. The summed E-state index contributed by atoms with van der Waals surface area (Å²) in [6.45, 7) is 2.06. The fraction of sp³-hybridized carbons (Fsp3) is 0.160. The lowest BCUT2D eigenvalue weighted by atomic mass is 10.1. The average Bonchev–Trinajstić information content (AvgIpc) is 2.80. The van der Waals surface area contributed by atoms with Crippen LogP contribution in [0.25, 0.3) is 10.9 Å². The Balaban J connectivity index is 1.76. The molecule has 0 aliphatic rings. The van der Waals surface area contributed by atoms with Crippen molar-refractivity contribution in [2.75, 3.05) is 7.11 Å². The highest BCUT2D eigenvalue weighted by molar-refractivity contribution is 7.89. The van der Waals surface area contributed by atoms with Crippen LogP contribution in [-0.2, 0) is 23.1 Å². The van der Waals surface area contributed by atoms with Crippen LogP contribution < -0.4 is 10.3 Å². The van der Waals surface area contributed by atoms with Crippen LogP contribution in [0.15, 0.2) is 88.6 Å². The van der Waals surface area contributed by atoms with Crippen LogP contribution in [0.1, 0.15) is 16.7 Å². The molecule has 4 aromatic rings. The van der Waals surface area contributed by atoms with E-state index < -0.39 is 10.0 Å². The number of aromatic amines is 1. The van der Waals surface area contributed by atoms with E-state index in [4.69, 9.17) is 4.74 Å². The third-order valence-electron chi connectivity index (χ3n) is 5.32. The third-order valence-corrected chi connectivity index (χ3v) is 7.13. The Hall–Kier alpha value is -3.42. The number of ether oxygens (including phenoxy) is 1. The Morgan fingerprint density at radius 1 is 0.906 bits per heavy atom. The number of nitrogens with one attached hydrogen (secondary N) is 1. The third kappa shape index (κ3) is 4.59. The topological polar surface area (TPSA) is 79.5 Å². The van der Waals surface area contributed by atoms with Crippen LogP contribution in [0.2, 0.25) is 0 Å². The van der Waals surface area contributed by atoms with E-state index in [-0.39, 0.29) is 23.5 Å². The molecule has 4 rings (SSSR count). The first-order valence-corrected chi connectivity index (χ1v) is 11.6. The van der Waals surface area contributed by atoms with E-state index in [9.17, 15) is 13.2 Å². The normalized spacial score (nSPS) is 11.7. The van der Waals surface area contributed by atoms with E-state index in [0.29, 0.717) is 11.3 Å². The van der Waals surface area contributed by atoms with Crippen LogP contribution in [0, 0.1) is 6.92 Å². The minimum absolute atomic E-state index is 0.0531. The van der Waals surface area contributed by atoms with Gasteiger partial charge in [0.05, 0.1) is 12.0 Å². The first kappa shape index (κ1) is 21.8. The molecule has 0 saturated carbocycles. The van der Waals surface area contributed by atoms with E-state index >= 15 is 0 Å². The van der Waals surface area contributed by atoms with Gasteiger partial charge in [-0.2, -0.15) is 4.31 Å². The van der Waals surface area contributed by atoms with Crippen molar-refractivity contribution >= 4 is 20.9 Å². The lowest BCUT2D eigenvalue weighted by molar-refractivity contribution is 0.399. The van der Waals surface area contributed by atoms with Gasteiger partial charge in [-0.25, -0.2) is 8.42 Å². The van der Waals surface area contributed by atoms with Gasteiger partial charge in [0.15, 0.2) is 0 Å². The molecule has 32 heavy (non-hydrogen) atoms. The maximum atomic E-state index is 13.5. The Labute approximate surface area is 187 Å². The van der Waals surface area contributed by atoms with Crippen LogP contribution in [0.4, 0.5) is 0 Å². The highest BCUT2D eigenvalue weighted by Crippen LogP contribution is 2.23. The first-order chi connectivity index (χ1) is 15.4. The fourth-order valence-electron chi connectivity index (χ4n) is 3.59. The lowest BCUT2D eigenvalue weighted by Gasteiger charge is -2.22. The van der Waals surface area contributed by atoms with Gasteiger partial charge in [0.25, 0.3) is 5.56 Å². The van der Waals surface area contributed by atoms with Crippen molar-refractivity contribution in [1.29, 1.82) is 0 Å². The fourth-order valence-corrected chi connectivity index (χ4v) is 4.99. The molecule has 0 aliphatic carbocycles. The number of hydrogen-bond acceptors (Lipinski definition) is 4. The number of benzene rings is 3. The molecule has 3 aromatic carbocycles. The van der Waals surface area contributed by atoms with Crippen molar-refractivity contribution in [2.24, 2.45) is 0 Å². The molecule has 0 aliphatic heterocycles. The van der Waals surface area contributed by atoms with Crippen molar-refractivity contribution in [1.82, 2.24) is 9.29 Å². The van der Waals surface area contributed by atoms with E-state index in [0.717, 1.165) is 22.0 Å². The molecule has 6 nitrogen and oxygen atoms in total. The number of aryl methyl sites for hydroxylation is 1. The molecule has 1 heterocycles. The number of hydrogen-bond donors (Lipinski definition) is 1. The van der Waals surface area contributed by atoms with E-state index in [1.54, 1.807) is 18.2 Å². The second-order valence-corrected chi connectivity index (χ2v) is 9.59. The number of methoxy groups -OCH3 is 1. The summed E-state index contributed by atoms with van der Waals surface area (Å²) in [6, 6.07) is 23.1. The molecule has 0 unspecified atom stereocenters. The summed E-state index contributed by atoms with van der Waals surface area (Å²) < 4.78 is 33.6. The van der Waals surface area contributed by atoms with Gasteiger partial charge in [-0.05, 0) is 60.3 Å². The van der Waals surface area contributed by atoms with E-state index in [1.165, 1.54) is 23.5 Å². The van der Waals surface area contributed by atoms with Gasteiger partial charge in [-0.3, -0.25) is 4.79 Å². The molecule has 0 spiro atoms. The zero-order chi connectivity index (χ0) is 22.7. The molecule has 7 heteroatoms. The molecule has 0 atom stereocenters. The lowest BCUT2D eigenvalue weighted by Crippen LogP contribution is -2.32. The summed E-state index contributed by atoms with van der Waals surface area (Å²) in [4.78, 5) is 15.8. The predicted molar refractivity (Wildman–Crippen MR) is 125 cm³/mol. The smallest absolute Gasteiger partial charge is 0.252 e. The zero-order valence-corrected chi connectivity index (χ0v) is 18.7. The monoisotopic (exact) mass is 448 g/mol. The summed E-state index contributed by atoms with van der Waals surface area (Å²) in [5, 5.41) is 0.862. The quantitative estimate of drug-likeness (QED) is 0.459. The van der Waals surface area contributed by atoms with Crippen molar-refractivity contribution in [3.63, 3.8) is 0 Å². The molecular formula is C25H24N2O4S. The van der Waals surface area contributed by atoms with Crippen LogP contribution in [-0.4, -0.2) is 24.8 Å². The summed E-state index contributed by atoms with van der Waals surface area (Å²) >= 11 is 0. The molecule has 0 bridgehead atoms. The SMILES string of the molecule is COc1ccc(S(=O)(=O)N(Cc2ccccc2)Cc2cc3cc(C)ccc3[nH]c2=O)cc1. The summed E-state index contributed by atoms with van der Waals surface area (Å²) in [5.41, 5.74) is 2.69. The number of rotatable bonds is 7. The van der Waals surface area contributed by atoms with Crippen molar-refractivity contribution in [2.45, 2.75) is 24.9 Å². The Bertz CT molecular complexity index is 1400. The van der Waals surface area contributed by atoms with Gasteiger partial charge in [0, 0.05) is 24.2 Å². The highest BCUT2D eigenvalue weighted by Gasteiger charge is 2.26. The van der Waals surface area contributed by atoms with E-state index in [1.807, 2.05) is 55.5 Å². The molecule has 0 saturated heterocycles. The van der Waals surface area contributed by atoms with Crippen molar-refractivity contribution in [3.8, 4) is 5.75 Å². The maximum Gasteiger partial charge on any atom is 0.252 e. The van der Waals surface area contributed by atoms with Crippen LogP contribution in [0.3, 0.4) is 0 Å². The number of H-pyrrole nitrogens is 1. The summed E-state index contributed by atoms with van der Waals surface area (Å²) in [7, 11) is -2.35. The molecule has 1 N–H and O–H groups in total. The highest BCUT2D eigenvalue weighted by atomic mass is 32.2. The Morgan fingerprint density at radius 3 is 2.31 bits per heavy atom. The van der Waals surface area contributed by atoms with Gasteiger partial charge in [0.1, 0.15) is 5.75 Å². The van der Waals surface area contributed by atoms with Gasteiger partial charge >= 0.3 is 0 Å². The van der Waals surface area contributed by atoms with Crippen LogP contribution >= 0.6 is 0 Å². The van der Waals surface area contributed by atoms with Gasteiger partial charge in [0.2, 0.25) is 10.0 Å².